The van der Waals surface area contributed by atoms with Crippen LogP contribution in [-0.4, -0.2) is 50.8 Å². The maximum absolute atomic E-state index is 5.78. The van der Waals surface area contributed by atoms with Crippen LogP contribution in [0.1, 0.15) is 45.4 Å². The van der Waals surface area contributed by atoms with E-state index < -0.39 is 0 Å². The van der Waals surface area contributed by atoms with E-state index in [1.807, 2.05) is 0 Å². The summed E-state index contributed by atoms with van der Waals surface area (Å²) >= 11 is 0. The Balaban J connectivity index is 1.86. The van der Waals surface area contributed by atoms with E-state index in [2.05, 4.69) is 24.2 Å². The third kappa shape index (κ3) is 7.02. The van der Waals surface area contributed by atoms with Crippen LogP contribution in [0.5, 0.6) is 0 Å². The van der Waals surface area contributed by atoms with Gasteiger partial charge in [0.2, 0.25) is 0 Å². The summed E-state index contributed by atoms with van der Waals surface area (Å²) in [4.78, 5) is 2.45. The van der Waals surface area contributed by atoms with E-state index in [4.69, 9.17) is 4.74 Å². The molecular weight excluding hydrogens is 212 g/mol. The lowest BCUT2D eigenvalue weighted by atomic mass is 10.0. The second-order valence-electron chi connectivity index (χ2n) is 5.16. The maximum atomic E-state index is 5.78. The summed E-state index contributed by atoms with van der Waals surface area (Å²) in [5, 5.41) is 3.42. The van der Waals surface area contributed by atoms with Crippen molar-refractivity contribution in [3.05, 3.63) is 0 Å². The monoisotopic (exact) mass is 242 g/mol. The number of ether oxygens (including phenoxy) is 1. The molecule has 0 saturated carbocycles. The van der Waals surface area contributed by atoms with E-state index in [0.717, 1.165) is 26.3 Å². The average Bonchev–Trinajstić information content (AvgIpc) is 2.35. The van der Waals surface area contributed by atoms with Crippen LogP contribution in [-0.2, 0) is 4.74 Å². The first-order valence-electron chi connectivity index (χ1n) is 7.33. The highest BCUT2D eigenvalue weighted by Gasteiger charge is 2.18. The van der Waals surface area contributed by atoms with Gasteiger partial charge >= 0.3 is 0 Å². The topological polar surface area (TPSA) is 24.5 Å². The van der Waals surface area contributed by atoms with Gasteiger partial charge in [0.1, 0.15) is 0 Å². The van der Waals surface area contributed by atoms with Gasteiger partial charge in [0.25, 0.3) is 0 Å². The quantitative estimate of drug-likeness (QED) is 0.628. The molecule has 0 aromatic rings. The van der Waals surface area contributed by atoms with Crippen LogP contribution in [0.3, 0.4) is 0 Å². The summed E-state index contributed by atoms with van der Waals surface area (Å²) in [6, 6.07) is 0.668. The van der Waals surface area contributed by atoms with E-state index in [0.29, 0.717) is 6.04 Å². The Morgan fingerprint density at radius 3 is 2.88 bits per heavy atom. The smallest absolute Gasteiger partial charge is 0.0621 e. The Labute approximate surface area is 107 Å². The van der Waals surface area contributed by atoms with Crippen molar-refractivity contribution in [1.82, 2.24) is 10.2 Å². The molecule has 1 heterocycles. The summed E-state index contributed by atoms with van der Waals surface area (Å²) in [6.45, 7) is 7.59. The Hall–Kier alpha value is -0.120. The van der Waals surface area contributed by atoms with Crippen LogP contribution in [0.25, 0.3) is 0 Å². The SMILES string of the molecule is CCCNCCCCOCC1CCCCN1C. The summed E-state index contributed by atoms with van der Waals surface area (Å²) < 4.78 is 5.78. The molecule has 1 fully saturated rings. The summed E-state index contributed by atoms with van der Waals surface area (Å²) in [5.41, 5.74) is 0. The van der Waals surface area contributed by atoms with Crippen LogP contribution < -0.4 is 5.32 Å². The van der Waals surface area contributed by atoms with Gasteiger partial charge in [0.05, 0.1) is 6.61 Å². The maximum Gasteiger partial charge on any atom is 0.0621 e. The molecule has 3 heteroatoms. The van der Waals surface area contributed by atoms with Gasteiger partial charge in [0, 0.05) is 12.6 Å². The predicted molar refractivity (Wildman–Crippen MR) is 73.5 cm³/mol. The standard InChI is InChI=1S/C14H30N2O/c1-3-9-15-10-5-7-12-17-13-14-8-4-6-11-16(14)2/h14-15H,3-13H2,1-2H3. The van der Waals surface area contributed by atoms with Crippen LogP contribution in [0.2, 0.25) is 0 Å². The van der Waals surface area contributed by atoms with Crippen LogP contribution in [0.4, 0.5) is 0 Å². The number of nitrogens with zero attached hydrogens (tertiary/aromatic N) is 1. The molecule has 1 atom stereocenters. The van der Waals surface area contributed by atoms with Crippen molar-refractivity contribution in [1.29, 1.82) is 0 Å². The highest BCUT2D eigenvalue weighted by molar-refractivity contribution is 4.73. The minimum absolute atomic E-state index is 0.668. The van der Waals surface area contributed by atoms with E-state index >= 15 is 0 Å². The number of likely N-dealkylation sites (tertiary alicyclic amines) is 1. The highest BCUT2D eigenvalue weighted by Crippen LogP contribution is 2.14. The molecule has 1 N–H and O–H groups in total. The molecule has 0 aliphatic carbocycles. The zero-order valence-electron chi connectivity index (χ0n) is 11.7. The van der Waals surface area contributed by atoms with Crippen molar-refractivity contribution in [3.8, 4) is 0 Å². The molecule has 1 unspecified atom stereocenters. The summed E-state index contributed by atoms with van der Waals surface area (Å²) in [6.07, 6.45) is 7.70. The lowest BCUT2D eigenvalue weighted by Crippen LogP contribution is -2.39. The van der Waals surface area contributed by atoms with Crippen LogP contribution in [0, 0.1) is 0 Å². The molecule has 1 aliphatic rings. The second kappa shape index (κ2) is 9.86. The van der Waals surface area contributed by atoms with Gasteiger partial charge in [-0.3, -0.25) is 0 Å². The minimum atomic E-state index is 0.668. The molecule has 0 bridgehead atoms. The van der Waals surface area contributed by atoms with E-state index in [1.165, 1.54) is 45.1 Å². The number of hydrogen-bond donors (Lipinski definition) is 1. The first-order valence-corrected chi connectivity index (χ1v) is 7.33. The molecule has 0 amide bonds. The highest BCUT2D eigenvalue weighted by atomic mass is 16.5. The fraction of sp³-hybridized carbons (Fsp3) is 1.00. The predicted octanol–water partition coefficient (Wildman–Crippen LogP) is 2.27. The number of nitrogens with one attached hydrogen (secondary N) is 1. The lowest BCUT2D eigenvalue weighted by molar-refractivity contribution is 0.0514. The molecular formula is C14H30N2O. The number of piperidine rings is 1. The fourth-order valence-corrected chi connectivity index (χ4v) is 2.33. The van der Waals surface area contributed by atoms with E-state index in [-0.39, 0.29) is 0 Å². The molecule has 17 heavy (non-hydrogen) atoms. The lowest BCUT2D eigenvalue weighted by Gasteiger charge is -2.32. The first kappa shape index (κ1) is 14.9. The molecule has 3 nitrogen and oxygen atoms in total. The number of rotatable bonds is 9. The molecule has 1 rings (SSSR count). The fourth-order valence-electron chi connectivity index (χ4n) is 2.33. The van der Waals surface area contributed by atoms with Crippen molar-refractivity contribution in [2.75, 3.05) is 39.9 Å². The molecule has 0 aromatic carbocycles. The van der Waals surface area contributed by atoms with Crippen molar-refractivity contribution in [3.63, 3.8) is 0 Å². The Morgan fingerprint density at radius 2 is 2.12 bits per heavy atom. The van der Waals surface area contributed by atoms with Gasteiger partial charge < -0.3 is 15.0 Å². The Bertz CT molecular complexity index is 176. The van der Waals surface area contributed by atoms with Crippen LogP contribution in [0.15, 0.2) is 0 Å². The van der Waals surface area contributed by atoms with Crippen molar-refractivity contribution >= 4 is 0 Å². The minimum Gasteiger partial charge on any atom is -0.380 e. The van der Waals surface area contributed by atoms with E-state index in [1.54, 1.807) is 0 Å². The molecule has 102 valence electrons. The molecule has 1 saturated heterocycles. The van der Waals surface area contributed by atoms with Gasteiger partial charge in [-0.1, -0.05) is 13.3 Å². The zero-order valence-corrected chi connectivity index (χ0v) is 11.7. The number of likely N-dealkylation sites (N-methyl/N-ethyl adjacent to an activating group) is 1. The average molecular weight is 242 g/mol. The summed E-state index contributed by atoms with van der Waals surface area (Å²) in [7, 11) is 2.22. The van der Waals surface area contributed by atoms with E-state index in [9.17, 15) is 0 Å². The van der Waals surface area contributed by atoms with Gasteiger partial charge in [-0.2, -0.15) is 0 Å². The second-order valence-corrected chi connectivity index (χ2v) is 5.16. The molecule has 0 spiro atoms. The van der Waals surface area contributed by atoms with Gasteiger partial charge in [-0.25, -0.2) is 0 Å². The normalized spacial score (nSPS) is 21.9. The largest absolute Gasteiger partial charge is 0.380 e. The third-order valence-electron chi connectivity index (χ3n) is 3.55. The van der Waals surface area contributed by atoms with Crippen molar-refractivity contribution in [2.24, 2.45) is 0 Å². The Morgan fingerprint density at radius 1 is 1.24 bits per heavy atom. The van der Waals surface area contributed by atoms with Crippen LogP contribution >= 0.6 is 0 Å². The van der Waals surface area contributed by atoms with Gasteiger partial charge in [-0.05, 0) is 58.8 Å². The van der Waals surface area contributed by atoms with Crippen molar-refractivity contribution in [2.45, 2.75) is 51.5 Å². The molecule has 1 aliphatic heterocycles. The summed E-state index contributed by atoms with van der Waals surface area (Å²) in [5.74, 6) is 0. The van der Waals surface area contributed by atoms with Gasteiger partial charge in [-0.15, -0.1) is 0 Å². The third-order valence-corrected chi connectivity index (χ3v) is 3.55. The van der Waals surface area contributed by atoms with Gasteiger partial charge in [0.15, 0.2) is 0 Å². The zero-order chi connectivity index (χ0) is 12.3. The van der Waals surface area contributed by atoms with Crippen molar-refractivity contribution < 1.29 is 4.74 Å². The molecule has 0 radical (unpaired) electrons. The molecule has 0 aromatic heterocycles. The number of unbranched alkanes of at least 4 members (excludes halogenated alkanes) is 1. The Kier molecular flexibility index (Phi) is 8.67. The first-order chi connectivity index (χ1) is 8.34. The number of hydrogen-bond acceptors (Lipinski definition) is 3.